The Morgan fingerprint density at radius 1 is 1.17 bits per heavy atom. The van der Waals surface area contributed by atoms with Crippen LogP contribution >= 0.6 is 0 Å². The van der Waals surface area contributed by atoms with Gasteiger partial charge in [0, 0.05) is 30.3 Å². The number of hydrogen-bond donors (Lipinski definition) is 2. The molecule has 102 valence electrons. The summed E-state index contributed by atoms with van der Waals surface area (Å²) in [4.78, 5) is 0. The second-order valence-electron chi connectivity index (χ2n) is 5.20. The maximum atomic E-state index is 9.24. The molecule has 0 bridgehead atoms. The topological polar surface area (TPSA) is 50.7 Å². The number of aliphatic hydroxyl groups is 1. The minimum atomic E-state index is -0.153. The highest BCUT2D eigenvalue weighted by molar-refractivity contribution is 5.60. The number of aryl methyl sites for hydroxylation is 1. The molecule has 0 aliphatic heterocycles. The van der Waals surface area contributed by atoms with Gasteiger partial charge in [0.05, 0.1) is 14.2 Å². The molecule has 0 fully saturated rings. The maximum absolute atomic E-state index is 9.24. The minimum absolute atomic E-state index is 0.145. The zero-order valence-electron chi connectivity index (χ0n) is 11.8. The molecule has 1 aromatic rings. The van der Waals surface area contributed by atoms with E-state index in [0.29, 0.717) is 12.3 Å². The molecule has 1 rings (SSSR count). The Labute approximate surface area is 109 Å². The van der Waals surface area contributed by atoms with E-state index >= 15 is 0 Å². The second-order valence-corrected chi connectivity index (χ2v) is 5.20. The number of hydrogen-bond acceptors (Lipinski definition) is 4. The van der Waals surface area contributed by atoms with E-state index < -0.39 is 0 Å². The van der Waals surface area contributed by atoms with E-state index in [1.54, 1.807) is 14.2 Å². The van der Waals surface area contributed by atoms with Crippen LogP contribution in [0.1, 0.15) is 19.4 Å². The van der Waals surface area contributed by atoms with Gasteiger partial charge in [0.2, 0.25) is 0 Å². The van der Waals surface area contributed by atoms with Crippen molar-refractivity contribution in [2.45, 2.75) is 20.8 Å². The lowest BCUT2D eigenvalue weighted by Crippen LogP contribution is -2.27. The van der Waals surface area contributed by atoms with Crippen LogP contribution in [0.4, 0.5) is 5.69 Å². The number of nitrogens with one attached hydrogen (secondary N) is 1. The van der Waals surface area contributed by atoms with Crippen LogP contribution in [-0.2, 0) is 0 Å². The van der Waals surface area contributed by atoms with Crippen LogP contribution in [0.3, 0.4) is 0 Å². The number of rotatable bonds is 6. The average Bonchev–Trinajstić information content (AvgIpc) is 2.36. The van der Waals surface area contributed by atoms with Crippen LogP contribution < -0.4 is 14.8 Å². The van der Waals surface area contributed by atoms with Crippen molar-refractivity contribution in [3.05, 3.63) is 17.7 Å². The number of anilines is 1. The molecule has 18 heavy (non-hydrogen) atoms. The monoisotopic (exact) mass is 253 g/mol. The summed E-state index contributed by atoms with van der Waals surface area (Å²) >= 11 is 0. The van der Waals surface area contributed by atoms with Crippen molar-refractivity contribution in [1.29, 1.82) is 0 Å². The maximum Gasteiger partial charge on any atom is 0.162 e. The van der Waals surface area contributed by atoms with E-state index in [1.807, 2.05) is 32.9 Å². The normalized spacial score (nSPS) is 11.2. The third kappa shape index (κ3) is 3.53. The van der Waals surface area contributed by atoms with Crippen LogP contribution in [0.25, 0.3) is 0 Å². The summed E-state index contributed by atoms with van der Waals surface area (Å²) in [5, 5.41) is 12.6. The molecule has 0 unspecified atom stereocenters. The first-order chi connectivity index (χ1) is 8.43. The minimum Gasteiger partial charge on any atom is -0.493 e. The molecular weight excluding hydrogens is 230 g/mol. The molecule has 0 spiro atoms. The summed E-state index contributed by atoms with van der Waals surface area (Å²) in [6.45, 7) is 6.87. The van der Waals surface area contributed by atoms with Gasteiger partial charge in [-0.25, -0.2) is 0 Å². The van der Waals surface area contributed by atoms with Gasteiger partial charge < -0.3 is 19.9 Å². The quantitative estimate of drug-likeness (QED) is 0.817. The Bertz CT molecular complexity index is 402. The molecule has 0 aromatic heterocycles. The predicted octanol–water partition coefficient (Wildman–Crippen LogP) is 2.44. The molecule has 4 nitrogen and oxygen atoms in total. The SMILES string of the molecule is COc1cc(C)c(NCC(C)(C)CO)cc1OC. The Balaban J connectivity index is 2.89. The zero-order chi connectivity index (χ0) is 13.8. The molecule has 0 radical (unpaired) electrons. The fourth-order valence-corrected chi connectivity index (χ4v) is 1.56. The lowest BCUT2D eigenvalue weighted by atomic mass is 9.95. The summed E-state index contributed by atoms with van der Waals surface area (Å²) in [5.74, 6) is 1.43. The smallest absolute Gasteiger partial charge is 0.162 e. The van der Waals surface area contributed by atoms with Crippen LogP contribution in [0.5, 0.6) is 11.5 Å². The van der Waals surface area contributed by atoms with Crippen molar-refractivity contribution >= 4 is 5.69 Å². The van der Waals surface area contributed by atoms with Gasteiger partial charge in [0.25, 0.3) is 0 Å². The Morgan fingerprint density at radius 3 is 2.22 bits per heavy atom. The molecule has 0 aliphatic carbocycles. The highest BCUT2D eigenvalue weighted by Gasteiger charge is 2.17. The van der Waals surface area contributed by atoms with E-state index in [1.165, 1.54) is 0 Å². The van der Waals surface area contributed by atoms with E-state index in [-0.39, 0.29) is 12.0 Å². The van der Waals surface area contributed by atoms with Crippen molar-refractivity contribution in [3.8, 4) is 11.5 Å². The molecule has 0 amide bonds. The van der Waals surface area contributed by atoms with Gasteiger partial charge in [-0.1, -0.05) is 13.8 Å². The number of aliphatic hydroxyl groups excluding tert-OH is 1. The number of methoxy groups -OCH3 is 2. The fourth-order valence-electron chi connectivity index (χ4n) is 1.56. The van der Waals surface area contributed by atoms with E-state index in [2.05, 4.69) is 5.32 Å². The summed E-state index contributed by atoms with van der Waals surface area (Å²) in [6.07, 6.45) is 0. The first kappa shape index (κ1) is 14.6. The predicted molar refractivity (Wildman–Crippen MR) is 73.6 cm³/mol. The van der Waals surface area contributed by atoms with Gasteiger partial charge >= 0.3 is 0 Å². The van der Waals surface area contributed by atoms with Crippen LogP contribution in [-0.4, -0.2) is 32.5 Å². The summed E-state index contributed by atoms with van der Waals surface area (Å²) in [5.41, 5.74) is 1.93. The van der Waals surface area contributed by atoms with E-state index in [0.717, 1.165) is 17.0 Å². The third-order valence-corrected chi connectivity index (χ3v) is 2.92. The van der Waals surface area contributed by atoms with Crippen molar-refractivity contribution in [2.24, 2.45) is 5.41 Å². The Kier molecular flexibility index (Phi) is 4.84. The van der Waals surface area contributed by atoms with Crippen LogP contribution in [0, 0.1) is 12.3 Å². The first-order valence-electron chi connectivity index (χ1n) is 6.01. The highest BCUT2D eigenvalue weighted by atomic mass is 16.5. The summed E-state index contributed by atoms with van der Waals surface area (Å²) < 4.78 is 10.5. The fraction of sp³-hybridized carbons (Fsp3) is 0.571. The Morgan fingerprint density at radius 2 is 1.72 bits per heavy atom. The highest BCUT2D eigenvalue weighted by Crippen LogP contribution is 2.33. The van der Waals surface area contributed by atoms with E-state index in [9.17, 15) is 5.11 Å². The largest absolute Gasteiger partial charge is 0.493 e. The molecule has 1 aromatic carbocycles. The van der Waals surface area contributed by atoms with Crippen LogP contribution in [0.2, 0.25) is 0 Å². The van der Waals surface area contributed by atoms with Gasteiger partial charge in [0.1, 0.15) is 0 Å². The molecule has 0 atom stereocenters. The van der Waals surface area contributed by atoms with Crippen molar-refractivity contribution in [1.82, 2.24) is 0 Å². The molecule has 0 saturated heterocycles. The van der Waals surface area contributed by atoms with Crippen molar-refractivity contribution in [3.63, 3.8) is 0 Å². The van der Waals surface area contributed by atoms with Gasteiger partial charge in [0.15, 0.2) is 11.5 Å². The first-order valence-corrected chi connectivity index (χ1v) is 6.01. The lowest BCUT2D eigenvalue weighted by molar-refractivity contribution is 0.171. The molecule has 0 aliphatic rings. The van der Waals surface area contributed by atoms with Crippen molar-refractivity contribution < 1.29 is 14.6 Å². The third-order valence-electron chi connectivity index (χ3n) is 2.92. The summed E-state index contributed by atoms with van der Waals surface area (Å²) in [7, 11) is 3.24. The molecule has 4 heteroatoms. The average molecular weight is 253 g/mol. The van der Waals surface area contributed by atoms with Gasteiger partial charge in [-0.05, 0) is 18.6 Å². The number of benzene rings is 1. The molecular formula is C14H23NO3. The van der Waals surface area contributed by atoms with Gasteiger partial charge in [-0.15, -0.1) is 0 Å². The van der Waals surface area contributed by atoms with E-state index in [4.69, 9.17) is 9.47 Å². The van der Waals surface area contributed by atoms with Gasteiger partial charge in [-0.3, -0.25) is 0 Å². The van der Waals surface area contributed by atoms with Crippen molar-refractivity contribution in [2.75, 3.05) is 32.7 Å². The molecule has 0 heterocycles. The van der Waals surface area contributed by atoms with Gasteiger partial charge in [-0.2, -0.15) is 0 Å². The Hall–Kier alpha value is -1.42. The number of ether oxygens (including phenoxy) is 2. The zero-order valence-corrected chi connectivity index (χ0v) is 11.8. The summed E-state index contributed by atoms with van der Waals surface area (Å²) in [6, 6.07) is 3.86. The molecule has 0 saturated carbocycles. The van der Waals surface area contributed by atoms with Crippen LogP contribution in [0.15, 0.2) is 12.1 Å². The lowest BCUT2D eigenvalue weighted by Gasteiger charge is -2.23. The standard InChI is InChI=1S/C14H23NO3/c1-10-6-12(17-4)13(18-5)7-11(10)15-8-14(2,3)9-16/h6-7,15-16H,8-9H2,1-5H3. The molecule has 2 N–H and O–H groups in total. The second kappa shape index (κ2) is 5.96.